The lowest BCUT2D eigenvalue weighted by atomic mass is 9.94. The first-order valence-electron chi connectivity index (χ1n) is 6.58. The molecule has 0 fully saturated rings. The van der Waals surface area contributed by atoms with Crippen molar-refractivity contribution in [1.29, 1.82) is 5.26 Å². The van der Waals surface area contributed by atoms with Gasteiger partial charge in [-0.15, -0.1) is 0 Å². The molecule has 0 saturated carbocycles. The highest BCUT2D eigenvalue weighted by atomic mass is 15.1. The van der Waals surface area contributed by atoms with Crippen LogP contribution in [-0.2, 0) is 11.0 Å². The summed E-state index contributed by atoms with van der Waals surface area (Å²) >= 11 is 0. The van der Waals surface area contributed by atoms with E-state index in [0.717, 1.165) is 16.9 Å². The van der Waals surface area contributed by atoms with Crippen molar-refractivity contribution in [1.82, 2.24) is 9.55 Å². The highest BCUT2D eigenvalue weighted by Crippen LogP contribution is 2.32. The van der Waals surface area contributed by atoms with E-state index in [1.165, 1.54) is 0 Å². The van der Waals surface area contributed by atoms with Crippen LogP contribution >= 0.6 is 0 Å². The molecule has 0 spiro atoms. The summed E-state index contributed by atoms with van der Waals surface area (Å²) in [4.78, 5) is 4.77. The van der Waals surface area contributed by atoms with Gasteiger partial charge in [0.15, 0.2) is 0 Å². The van der Waals surface area contributed by atoms with Gasteiger partial charge in [0.1, 0.15) is 5.82 Å². The molecule has 100 valence electrons. The molecule has 0 radical (unpaired) electrons. The predicted octanol–water partition coefficient (Wildman–Crippen LogP) is 3.96. The van der Waals surface area contributed by atoms with Gasteiger partial charge < -0.3 is 4.57 Å². The van der Waals surface area contributed by atoms with Crippen molar-refractivity contribution in [3.63, 3.8) is 0 Å². The topological polar surface area (TPSA) is 41.6 Å². The number of hydrogen-bond donors (Lipinski definition) is 0. The molecule has 1 heterocycles. The average molecular weight is 255 g/mol. The summed E-state index contributed by atoms with van der Waals surface area (Å²) in [5.74, 6) is 1.06. The van der Waals surface area contributed by atoms with E-state index in [0.29, 0.717) is 5.56 Å². The number of hydrogen-bond acceptors (Lipinski definition) is 2. The Morgan fingerprint density at radius 1 is 1.11 bits per heavy atom. The van der Waals surface area contributed by atoms with Crippen molar-refractivity contribution in [2.45, 2.75) is 52.5 Å². The Hall–Kier alpha value is -1.82. The third kappa shape index (κ3) is 2.35. The van der Waals surface area contributed by atoms with Gasteiger partial charge in [-0.1, -0.05) is 20.8 Å². The highest BCUT2D eigenvalue weighted by Gasteiger charge is 2.28. The fourth-order valence-electron chi connectivity index (χ4n) is 2.33. The first-order chi connectivity index (χ1) is 8.64. The Bertz CT molecular complexity index is 658. The van der Waals surface area contributed by atoms with Gasteiger partial charge in [-0.25, -0.2) is 4.98 Å². The number of aromatic nitrogens is 2. The Morgan fingerprint density at radius 2 is 1.74 bits per heavy atom. The second-order valence-corrected chi connectivity index (χ2v) is 7.01. The minimum Gasteiger partial charge on any atom is -0.322 e. The molecule has 19 heavy (non-hydrogen) atoms. The lowest BCUT2D eigenvalue weighted by molar-refractivity contribution is 0.364. The summed E-state index contributed by atoms with van der Waals surface area (Å²) in [6, 6.07) is 7.91. The zero-order valence-electron chi connectivity index (χ0n) is 12.6. The third-order valence-corrected chi connectivity index (χ3v) is 3.13. The molecule has 0 unspecified atom stereocenters. The number of nitrogens with zero attached hydrogens (tertiary/aromatic N) is 3. The molecule has 0 bridgehead atoms. The SMILES string of the molecule is CC(C)(C)c1nc2cc(C#N)ccc2n1C(C)(C)C. The minimum atomic E-state index is -0.0362. The Kier molecular flexibility index (Phi) is 2.93. The van der Waals surface area contributed by atoms with E-state index in [1.807, 2.05) is 18.2 Å². The van der Waals surface area contributed by atoms with Crippen LogP contribution in [0.4, 0.5) is 0 Å². The number of benzene rings is 1. The fourth-order valence-corrected chi connectivity index (χ4v) is 2.33. The van der Waals surface area contributed by atoms with Crippen LogP contribution in [0.2, 0.25) is 0 Å². The van der Waals surface area contributed by atoms with Gasteiger partial charge in [-0.3, -0.25) is 0 Å². The summed E-state index contributed by atoms with van der Waals surface area (Å²) in [6.45, 7) is 13.1. The molecule has 0 N–H and O–H groups in total. The molecule has 0 amide bonds. The van der Waals surface area contributed by atoms with Crippen LogP contribution in [0.25, 0.3) is 11.0 Å². The Morgan fingerprint density at radius 3 is 2.21 bits per heavy atom. The number of fused-ring (bicyclic) bond motifs is 1. The van der Waals surface area contributed by atoms with Crippen LogP contribution in [0, 0.1) is 11.3 Å². The summed E-state index contributed by atoms with van der Waals surface area (Å²) < 4.78 is 2.28. The van der Waals surface area contributed by atoms with Crippen molar-refractivity contribution < 1.29 is 0 Å². The largest absolute Gasteiger partial charge is 0.322 e. The van der Waals surface area contributed by atoms with Crippen LogP contribution in [0.1, 0.15) is 52.9 Å². The molecular formula is C16H21N3. The van der Waals surface area contributed by atoms with Gasteiger partial charge in [-0.05, 0) is 39.0 Å². The monoisotopic (exact) mass is 255 g/mol. The molecule has 1 aromatic heterocycles. The van der Waals surface area contributed by atoms with E-state index in [4.69, 9.17) is 10.2 Å². The molecule has 0 aliphatic heterocycles. The van der Waals surface area contributed by atoms with Gasteiger partial charge in [0.05, 0.1) is 22.7 Å². The summed E-state index contributed by atoms with van der Waals surface area (Å²) in [5.41, 5.74) is 2.59. The van der Waals surface area contributed by atoms with Crippen LogP contribution in [0.15, 0.2) is 18.2 Å². The van der Waals surface area contributed by atoms with Crippen molar-refractivity contribution in [3.8, 4) is 6.07 Å². The molecule has 0 atom stereocenters. The summed E-state index contributed by atoms with van der Waals surface area (Å²) in [7, 11) is 0. The predicted molar refractivity (Wildman–Crippen MR) is 78.1 cm³/mol. The van der Waals surface area contributed by atoms with Gasteiger partial charge in [0.25, 0.3) is 0 Å². The van der Waals surface area contributed by atoms with Crippen molar-refractivity contribution in [3.05, 3.63) is 29.6 Å². The first-order valence-corrected chi connectivity index (χ1v) is 6.58. The van der Waals surface area contributed by atoms with E-state index in [2.05, 4.69) is 52.2 Å². The van der Waals surface area contributed by atoms with Crippen molar-refractivity contribution in [2.24, 2.45) is 0 Å². The normalized spacial score (nSPS) is 12.7. The van der Waals surface area contributed by atoms with E-state index < -0.39 is 0 Å². The molecule has 0 saturated heterocycles. The first kappa shape index (κ1) is 13.6. The molecule has 0 aliphatic carbocycles. The molecule has 0 aliphatic rings. The second-order valence-electron chi connectivity index (χ2n) is 7.01. The van der Waals surface area contributed by atoms with E-state index in [9.17, 15) is 0 Å². The van der Waals surface area contributed by atoms with Gasteiger partial charge in [-0.2, -0.15) is 5.26 Å². The lowest BCUT2D eigenvalue weighted by Gasteiger charge is -2.29. The molecular weight excluding hydrogens is 234 g/mol. The third-order valence-electron chi connectivity index (χ3n) is 3.13. The maximum atomic E-state index is 9.01. The van der Waals surface area contributed by atoms with Gasteiger partial charge >= 0.3 is 0 Å². The zero-order chi connectivity index (χ0) is 14.4. The summed E-state index contributed by atoms with van der Waals surface area (Å²) in [5, 5.41) is 9.01. The van der Waals surface area contributed by atoms with Crippen LogP contribution in [-0.4, -0.2) is 9.55 Å². The van der Waals surface area contributed by atoms with E-state index >= 15 is 0 Å². The Balaban J connectivity index is 2.86. The van der Waals surface area contributed by atoms with E-state index in [-0.39, 0.29) is 11.0 Å². The maximum Gasteiger partial charge on any atom is 0.115 e. The van der Waals surface area contributed by atoms with Gasteiger partial charge in [0, 0.05) is 11.0 Å². The van der Waals surface area contributed by atoms with Crippen LogP contribution in [0.3, 0.4) is 0 Å². The number of nitriles is 1. The quantitative estimate of drug-likeness (QED) is 0.715. The minimum absolute atomic E-state index is 0.0287. The standard InChI is InChI=1S/C16H21N3/c1-15(2,3)14-18-12-9-11(10-17)7-8-13(12)19(14)16(4,5)6/h7-9H,1-6H3. The zero-order valence-corrected chi connectivity index (χ0v) is 12.6. The van der Waals surface area contributed by atoms with Crippen LogP contribution < -0.4 is 0 Å². The number of imidazole rings is 1. The number of rotatable bonds is 0. The second kappa shape index (κ2) is 4.09. The lowest BCUT2D eigenvalue weighted by Crippen LogP contribution is -2.29. The van der Waals surface area contributed by atoms with Crippen LogP contribution in [0.5, 0.6) is 0 Å². The molecule has 3 nitrogen and oxygen atoms in total. The summed E-state index contributed by atoms with van der Waals surface area (Å²) in [6.07, 6.45) is 0. The fraction of sp³-hybridized carbons (Fsp3) is 0.500. The van der Waals surface area contributed by atoms with Gasteiger partial charge in [0.2, 0.25) is 0 Å². The molecule has 1 aromatic carbocycles. The van der Waals surface area contributed by atoms with Crippen molar-refractivity contribution >= 4 is 11.0 Å². The molecule has 2 rings (SSSR count). The molecule has 2 aromatic rings. The smallest absolute Gasteiger partial charge is 0.115 e. The Labute approximate surface area is 114 Å². The highest BCUT2D eigenvalue weighted by molar-refractivity contribution is 5.78. The maximum absolute atomic E-state index is 9.01. The average Bonchev–Trinajstić information content (AvgIpc) is 2.66. The van der Waals surface area contributed by atoms with Crippen molar-refractivity contribution in [2.75, 3.05) is 0 Å². The van der Waals surface area contributed by atoms with E-state index in [1.54, 1.807) is 0 Å². The molecule has 3 heteroatoms.